The summed E-state index contributed by atoms with van der Waals surface area (Å²) in [6.07, 6.45) is -12.4. The van der Waals surface area contributed by atoms with E-state index >= 15 is 0 Å². The third-order valence-electron chi connectivity index (χ3n) is 2.29. The SMILES string of the molecule is O=C(NCC(O)C(F)(F)F)c1cccc(C(F)(F)F)c1. The van der Waals surface area contributed by atoms with E-state index in [0.717, 1.165) is 18.2 Å². The van der Waals surface area contributed by atoms with Gasteiger partial charge in [-0.3, -0.25) is 4.79 Å². The first-order valence-electron chi connectivity index (χ1n) is 5.22. The smallest absolute Gasteiger partial charge is 0.382 e. The summed E-state index contributed by atoms with van der Waals surface area (Å²) in [6, 6.07) is 3.21. The van der Waals surface area contributed by atoms with Gasteiger partial charge in [0.05, 0.1) is 12.1 Å². The van der Waals surface area contributed by atoms with Crippen molar-refractivity contribution >= 4 is 5.91 Å². The zero-order valence-corrected chi connectivity index (χ0v) is 9.72. The van der Waals surface area contributed by atoms with Gasteiger partial charge in [0, 0.05) is 5.56 Å². The fourth-order valence-electron chi connectivity index (χ4n) is 1.24. The number of alkyl halides is 6. The normalized spacial score (nSPS) is 13.9. The maximum atomic E-state index is 12.4. The molecule has 0 fully saturated rings. The number of halogens is 6. The number of benzene rings is 1. The molecule has 1 atom stereocenters. The van der Waals surface area contributed by atoms with E-state index in [1.165, 1.54) is 0 Å². The van der Waals surface area contributed by atoms with Crippen LogP contribution in [0.5, 0.6) is 0 Å². The molecule has 2 N–H and O–H groups in total. The lowest BCUT2D eigenvalue weighted by atomic mass is 10.1. The van der Waals surface area contributed by atoms with Gasteiger partial charge in [-0.1, -0.05) is 6.07 Å². The van der Waals surface area contributed by atoms with Gasteiger partial charge in [-0.15, -0.1) is 0 Å². The van der Waals surface area contributed by atoms with Gasteiger partial charge in [-0.05, 0) is 18.2 Å². The quantitative estimate of drug-likeness (QED) is 0.842. The Balaban J connectivity index is 2.74. The molecule has 0 heterocycles. The molecule has 0 saturated heterocycles. The summed E-state index contributed by atoms with van der Waals surface area (Å²) in [6.45, 7) is -1.14. The Hall–Kier alpha value is -1.77. The molecule has 0 bridgehead atoms. The molecule has 1 rings (SSSR count). The van der Waals surface area contributed by atoms with Crippen LogP contribution in [0.15, 0.2) is 24.3 Å². The van der Waals surface area contributed by atoms with Gasteiger partial charge in [0.2, 0.25) is 0 Å². The Labute approximate surface area is 109 Å². The number of carbonyl (C=O) groups is 1. The fraction of sp³-hybridized carbons (Fsp3) is 0.364. The minimum absolute atomic E-state index is 0.450. The average molecular weight is 301 g/mol. The molecule has 0 aliphatic carbocycles. The monoisotopic (exact) mass is 301 g/mol. The number of rotatable bonds is 3. The lowest BCUT2D eigenvalue weighted by Crippen LogP contribution is -2.40. The number of hydrogen-bond acceptors (Lipinski definition) is 2. The molecule has 112 valence electrons. The van der Waals surface area contributed by atoms with E-state index in [9.17, 15) is 31.1 Å². The molecule has 0 aliphatic rings. The van der Waals surface area contributed by atoms with Crippen LogP contribution < -0.4 is 5.32 Å². The summed E-state index contributed by atoms with van der Waals surface area (Å²) in [5.74, 6) is -1.14. The Morgan fingerprint density at radius 1 is 1.20 bits per heavy atom. The Kier molecular flexibility index (Phi) is 4.64. The van der Waals surface area contributed by atoms with Crippen LogP contribution in [0.3, 0.4) is 0 Å². The third kappa shape index (κ3) is 4.41. The highest BCUT2D eigenvalue weighted by Crippen LogP contribution is 2.29. The fourth-order valence-corrected chi connectivity index (χ4v) is 1.24. The molecule has 3 nitrogen and oxygen atoms in total. The molecule has 20 heavy (non-hydrogen) atoms. The summed E-state index contributed by atoms with van der Waals surface area (Å²) in [7, 11) is 0. The van der Waals surface area contributed by atoms with Crippen molar-refractivity contribution in [3.8, 4) is 0 Å². The molecule has 1 amide bonds. The van der Waals surface area contributed by atoms with Crippen molar-refractivity contribution in [2.75, 3.05) is 6.54 Å². The highest BCUT2D eigenvalue weighted by molar-refractivity contribution is 5.94. The number of carbonyl (C=O) groups excluding carboxylic acids is 1. The summed E-state index contributed by atoms with van der Waals surface area (Å²) < 4.78 is 73.1. The second kappa shape index (κ2) is 5.70. The van der Waals surface area contributed by atoms with E-state index in [2.05, 4.69) is 0 Å². The lowest BCUT2D eigenvalue weighted by molar-refractivity contribution is -0.201. The maximum absolute atomic E-state index is 12.4. The summed E-state index contributed by atoms with van der Waals surface area (Å²) in [4.78, 5) is 11.4. The van der Waals surface area contributed by atoms with Gasteiger partial charge in [0.25, 0.3) is 5.91 Å². The Bertz CT molecular complexity index is 483. The van der Waals surface area contributed by atoms with E-state index in [1.54, 1.807) is 5.32 Å². The van der Waals surface area contributed by atoms with E-state index in [1.807, 2.05) is 0 Å². The van der Waals surface area contributed by atoms with Crippen molar-refractivity contribution in [2.45, 2.75) is 18.5 Å². The summed E-state index contributed by atoms with van der Waals surface area (Å²) in [5, 5.41) is 10.4. The van der Waals surface area contributed by atoms with Gasteiger partial charge in [-0.2, -0.15) is 26.3 Å². The number of aliphatic hydroxyl groups is 1. The highest BCUT2D eigenvalue weighted by atomic mass is 19.4. The molecule has 1 aromatic rings. The minimum atomic E-state index is -4.92. The Morgan fingerprint density at radius 2 is 1.80 bits per heavy atom. The van der Waals surface area contributed by atoms with Crippen molar-refractivity contribution in [1.29, 1.82) is 0 Å². The van der Waals surface area contributed by atoms with Crippen molar-refractivity contribution in [2.24, 2.45) is 0 Å². The predicted molar refractivity (Wildman–Crippen MR) is 55.8 cm³/mol. The molecule has 0 saturated carbocycles. The van der Waals surface area contributed by atoms with E-state index in [4.69, 9.17) is 5.11 Å². The zero-order chi connectivity index (χ0) is 15.6. The van der Waals surface area contributed by atoms with E-state index in [0.29, 0.717) is 6.07 Å². The van der Waals surface area contributed by atoms with Crippen molar-refractivity contribution in [3.05, 3.63) is 35.4 Å². The number of nitrogens with one attached hydrogen (secondary N) is 1. The molecule has 1 aromatic carbocycles. The van der Waals surface area contributed by atoms with Gasteiger partial charge >= 0.3 is 12.4 Å². The molecular formula is C11H9F6NO2. The molecular weight excluding hydrogens is 292 g/mol. The molecule has 1 unspecified atom stereocenters. The first kappa shape index (κ1) is 16.3. The number of hydrogen-bond donors (Lipinski definition) is 2. The summed E-state index contributed by atoms with van der Waals surface area (Å²) >= 11 is 0. The van der Waals surface area contributed by atoms with Gasteiger partial charge in [-0.25, -0.2) is 0 Å². The van der Waals surface area contributed by atoms with Crippen LogP contribution in [0.25, 0.3) is 0 Å². The average Bonchev–Trinajstić information content (AvgIpc) is 2.33. The van der Waals surface area contributed by atoms with Crippen LogP contribution >= 0.6 is 0 Å². The zero-order valence-electron chi connectivity index (χ0n) is 9.72. The van der Waals surface area contributed by atoms with Crippen LogP contribution in [0.2, 0.25) is 0 Å². The third-order valence-corrected chi connectivity index (χ3v) is 2.29. The minimum Gasteiger partial charge on any atom is -0.382 e. The molecule has 0 spiro atoms. The van der Waals surface area contributed by atoms with Crippen LogP contribution in [0.1, 0.15) is 15.9 Å². The molecule has 0 radical (unpaired) electrons. The van der Waals surface area contributed by atoms with E-state index in [-0.39, 0.29) is 0 Å². The molecule has 9 heteroatoms. The van der Waals surface area contributed by atoms with Gasteiger partial charge in [0.1, 0.15) is 0 Å². The number of aliphatic hydroxyl groups excluding tert-OH is 1. The highest BCUT2D eigenvalue weighted by Gasteiger charge is 2.38. The predicted octanol–water partition coefficient (Wildman–Crippen LogP) is 2.36. The largest absolute Gasteiger partial charge is 0.416 e. The second-order valence-electron chi connectivity index (χ2n) is 3.85. The van der Waals surface area contributed by atoms with Crippen molar-refractivity contribution < 1.29 is 36.2 Å². The number of amides is 1. The first-order chi connectivity index (χ1) is 9.01. The maximum Gasteiger partial charge on any atom is 0.416 e. The van der Waals surface area contributed by atoms with Crippen LogP contribution in [-0.4, -0.2) is 29.8 Å². The summed E-state index contributed by atoms with van der Waals surface area (Å²) in [5.41, 5.74) is -1.55. The second-order valence-corrected chi connectivity index (χ2v) is 3.85. The van der Waals surface area contributed by atoms with Crippen LogP contribution in [0.4, 0.5) is 26.3 Å². The van der Waals surface area contributed by atoms with Crippen LogP contribution in [-0.2, 0) is 6.18 Å². The van der Waals surface area contributed by atoms with E-state index < -0.39 is 42.0 Å². The standard InChI is InChI=1S/C11H9F6NO2/c12-10(13,14)7-3-1-2-6(4-7)9(20)18-5-8(19)11(15,16)17/h1-4,8,19H,5H2,(H,18,20). The van der Waals surface area contributed by atoms with Gasteiger partial charge < -0.3 is 10.4 Å². The van der Waals surface area contributed by atoms with Crippen molar-refractivity contribution in [3.63, 3.8) is 0 Å². The molecule has 0 aliphatic heterocycles. The van der Waals surface area contributed by atoms with Crippen LogP contribution in [0, 0.1) is 0 Å². The topological polar surface area (TPSA) is 49.3 Å². The first-order valence-corrected chi connectivity index (χ1v) is 5.22. The van der Waals surface area contributed by atoms with Gasteiger partial charge in [0.15, 0.2) is 6.10 Å². The van der Waals surface area contributed by atoms with Crippen molar-refractivity contribution in [1.82, 2.24) is 5.32 Å². The Morgan fingerprint density at radius 3 is 2.30 bits per heavy atom. The lowest BCUT2D eigenvalue weighted by Gasteiger charge is -2.15. The molecule has 0 aromatic heterocycles.